The molecule has 1 atom stereocenters. The van der Waals surface area contributed by atoms with E-state index >= 15 is 0 Å². The molecule has 0 saturated heterocycles. The van der Waals surface area contributed by atoms with Crippen LogP contribution < -0.4 is 0 Å². The molecule has 0 spiro atoms. The minimum Gasteiger partial charge on any atom is -0.481 e. The number of aromatic nitrogens is 3. The van der Waals surface area contributed by atoms with Crippen LogP contribution in [0.3, 0.4) is 0 Å². The Kier molecular flexibility index (Phi) is 3.41. The maximum absolute atomic E-state index is 11.2. The predicted octanol–water partition coefficient (Wildman–Crippen LogP) is 2.34. The Bertz CT molecular complexity index is 713. The monoisotopic (exact) mass is 283 g/mol. The van der Waals surface area contributed by atoms with Gasteiger partial charge < -0.3 is 5.11 Å². The first-order chi connectivity index (χ1) is 10.1. The summed E-state index contributed by atoms with van der Waals surface area (Å²) < 4.78 is 0. The zero-order valence-electron chi connectivity index (χ0n) is 12.1. The first-order valence-corrected chi connectivity index (χ1v) is 7.07. The van der Waals surface area contributed by atoms with Crippen LogP contribution in [0.1, 0.15) is 28.9 Å². The lowest BCUT2D eigenvalue weighted by molar-refractivity contribution is -0.142. The highest BCUT2D eigenvalue weighted by Gasteiger charge is 2.27. The summed E-state index contributed by atoms with van der Waals surface area (Å²) in [6.45, 7) is 3.91. The van der Waals surface area contributed by atoms with Crippen molar-refractivity contribution in [2.24, 2.45) is 5.92 Å². The fourth-order valence-corrected chi connectivity index (χ4v) is 2.82. The number of aryl methyl sites for hydroxylation is 3. The van der Waals surface area contributed by atoms with Crippen LogP contribution in [0, 0.1) is 19.8 Å². The number of aliphatic carboxylic acids is 1. The van der Waals surface area contributed by atoms with Gasteiger partial charge in [-0.05, 0) is 50.3 Å². The number of carboxylic acids is 1. The smallest absolute Gasteiger partial charge is 0.306 e. The molecule has 21 heavy (non-hydrogen) atoms. The van der Waals surface area contributed by atoms with Gasteiger partial charge in [-0.2, -0.15) is 0 Å². The maximum atomic E-state index is 11.2. The van der Waals surface area contributed by atoms with Crippen LogP contribution in [-0.2, 0) is 17.6 Å². The van der Waals surface area contributed by atoms with E-state index in [4.69, 9.17) is 0 Å². The van der Waals surface area contributed by atoms with E-state index in [0.29, 0.717) is 25.1 Å². The third-order valence-corrected chi connectivity index (χ3v) is 4.05. The van der Waals surface area contributed by atoms with Gasteiger partial charge in [0.25, 0.3) is 0 Å². The maximum Gasteiger partial charge on any atom is 0.306 e. The van der Waals surface area contributed by atoms with E-state index in [1.165, 1.54) is 0 Å². The summed E-state index contributed by atoms with van der Waals surface area (Å²) in [6.07, 6.45) is 3.59. The number of carboxylic acid groups (broad SMARTS) is 1. The molecule has 0 bridgehead atoms. The number of nitrogens with zero attached hydrogens (tertiary/aromatic N) is 3. The summed E-state index contributed by atoms with van der Waals surface area (Å²) in [6, 6.07) is 3.88. The molecule has 1 unspecified atom stereocenters. The molecular weight excluding hydrogens is 266 g/mol. The molecule has 1 aliphatic rings. The molecule has 1 N–H and O–H groups in total. The van der Waals surface area contributed by atoms with Gasteiger partial charge in [-0.3, -0.25) is 9.78 Å². The fraction of sp³-hybridized carbons (Fsp3) is 0.375. The van der Waals surface area contributed by atoms with E-state index in [1.54, 1.807) is 6.20 Å². The summed E-state index contributed by atoms with van der Waals surface area (Å²) in [5.41, 5.74) is 4.66. The predicted molar refractivity (Wildman–Crippen MR) is 77.9 cm³/mol. The lowest BCUT2D eigenvalue weighted by atomic mass is 9.86. The molecule has 2 heterocycles. The van der Waals surface area contributed by atoms with Crippen molar-refractivity contribution in [1.82, 2.24) is 15.0 Å². The van der Waals surface area contributed by atoms with Crippen molar-refractivity contribution in [2.45, 2.75) is 33.1 Å². The Hall–Kier alpha value is -2.30. The summed E-state index contributed by atoms with van der Waals surface area (Å²) in [5.74, 6) is -0.412. The topological polar surface area (TPSA) is 76.0 Å². The number of hydrogen-bond donors (Lipinski definition) is 1. The minimum atomic E-state index is -0.732. The van der Waals surface area contributed by atoms with E-state index in [1.807, 2.05) is 26.0 Å². The molecule has 0 radical (unpaired) electrons. The molecule has 2 aromatic rings. The second-order valence-corrected chi connectivity index (χ2v) is 5.50. The zero-order valence-corrected chi connectivity index (χ0v) is 12.1. The Morgan fingerprint density at radius 3 is 2.86 bits per heavy atom. The molecule has 1 aliphatic carbocycles. The van der Waals surface area contributed by atoms with Crippen molar-refractivity contribution in [3.8, 4) is 11.5 Å². The van der Waals surface area contributed by atoms with Gasteiger partial charge in [-0.25, -0.2) is 9.97 Å². The van der Waals surface area contributed by atoms with Crippen LogP contribution in [0.2, 0.25) is 0 Å². The third kappa shape index (κ3) is 2.51. The number of hydrogen-bond acceptors (Lipinski definition) is 4. The number of rotatable bonds is 2. The van der Waals surface area contributed by atoms with Crippen molar-refractivity contribution in [2.75, 3.05) is 0 Å². The number of carbonyl (C=O) groups is 1. The average molecular weight is 283 g/mol. The van der Waals surface area contributed by atoms with Crippen molar-refractivity contribution in [1.29, 1.82) is 0 Å². The second kappa shape index (κ2) is 5.24. The molecule has 3 rings (SSSR count). The normalized spacial score (nSPS) is 17.3. The van der Waals surface area contributed by atoms with Gasteiger partial charge in [-0.15, -0.1) is 0 Å². The summed E-state index contributed by atoms with van der Waals surface area (Å²) in [7, 11) is 0. The Labute approximate surface area is 123 Å². The van der Waals surface area contributed by atoms with Gasteiger partial charge in [0.2, 0.25) is 0 Å². The fourth-order valence-electron chi connectivity index (χ4n) is 2.82. The van der Waals surface area contributed by atoms with E-state index in [2.05, 4.69) is 15.0 Å². The van der Waals surface area contributed by atoms with Crippen LogP contribution in [0.25, 0.3) is 11.5 Å². The van der Waals surface area contributed by atoms with Gasteiger partial charge in [0.1, 0.15) is 5.69 Å². The summed E-state index contributed by atoms with van der Waals surface area (Å²) in [4.78, 5) is 24.7. The summed E-state index contributed by atoms with van der Waals surface area (Å²) >= 11 is 0. The molecule has 0 aromatic carbocycles. The van der Waals surface area contributed by atoms with Crippen LogP contribution in [0.15, 0.2) is 18.3 Å². The molecule has 5 heteroatoms. The lowest BCUT2D eigenvalue weighted by Crippen LogP contribution is -2.24. The third-order valence-electron chi connectivity index (χ3n) is 4.05. The quantitative estimate of drug-likeness (QED) is 0.915. The van der Waals surface area contributed by atoms with Crippen LogP contribution >= 0.6 is 0 Å². The van der Waals surface area contributed by atoms with Crippen molar-refractivity contribution >= 4 is 5.97 Å². The first-order valence-electron chi connectivity index (χ1n) is 7.07. The van der Waals surface area contributed by atoms with Gasteiger partial charge in [0, 0.05) is 17.6 Å². The number of fused-ring (bicyclic) bond motifs is 1. The highest BCUT2D eigenvalue weighted by molar-refractivity contribution is 5.71. The molecule has 0 fully saturated rings. The molecule has 0 aliphatic heterocycles. The Balaban J connectivity index is 2.04. The van der Waals surface area contributed by atoms with Crippen molar-refractivity contribution in [3.63, 3.8) is 0 Å². The van der Waals surface area contributed by atoms with Crippen LogP contribution in [0.5, 0.6) is 0 Å². The van der Waals surface area contributed by atoms with E-state index in [9.17, 15) is 9.90 Å². The Morgan fingerprint density at radius 2 is 2.14 bits per heavy atom. The first kappa shape index (κ1) is 13.7. The van der Waals surface area contributed by atoms with Gasteiger partial charge >= 0.3 is 5.97 Å². The van der Waals surface area contributed by atoms with Crippen LogP contribution in [-0.4, -0.2) is 26.0 Å². The lowest BCUT2D eigenvalue weighted by Gasteiger charge is -2.22. The van der Waals surface area contributed by atoms with E-state index in [-0.39, 0.29) is 5.92 Å². The average Bonchev–Trinajstić information content (AvgIpc) is 2.47. The van der Waals surface area contributed by atoms with Crippen molar-refractivity contribution in [3.05, 3.63) is 40.8 Å². The van der Waals surface area contributed by atoms with Gasteiger partial charge in [-0.1, -0.05) is 6.07 Å². The zero-order chi connectivity index (χ0) is 15.0. The molecule has 5 nitrogen and oxygen atoms in total. The molecule has 2 aromatic heterocycles. The second-order valence-electron chi connectivity index (χ2n) is 5.50. The highest BCUT2D eigenvalue weighted by atomic mass is 16.4. The molecular formula is C16H17N3O2. The largest absolute Gasteiger partial charge is 0.481 e. The Morgan fingerprint density at radius 1 is 1.33 bits per heavy atom. The van der Waals surface area contributed by atoms with Gasteiger partial charge in [0.05, 0.1) is 5.92 Å². The van der Waals surface area contributed by atoms with E-state index < -0.39 is 5.97 Å². The summed E-state index contributed by atoms with van der Waals surface area (Å²) in [5, 5.41) is 9.17. The SMILES string of the molecule is Cc1cccnc1-c1nc(C)c2c(n1)CCC(C(=O)O)C2. The van der Waals surface area contributed by atoms with E-state index in [0.717, 1.165) is 28.2 Å². The highest BCUT2D eigenvalue weighted by Crippen LogP contribution is 2.28. The molecule has 0 amide bonds. The van der Waals surface area contributed by atoms with Crippen molar-refractivity contribution < 1.29 is 9.90 Å². The standard InChI is InChI=1S/C16H17N3O2/c1-9-4-3-7-17-14(9)15-18-10(2)12-8-11(16(20)21)5-6-13(12)19-15/h3-4,7,11H,5-6,8H2,1-2H3,(H,20,21). The van der Waals surface area contributed by atoms with Crippen LogP contribution in [0.4, 0.5) is 0 Å². The van der Waals surface area contributed by atoms with Gasteiger partial charge in [0.15, 0.2) is 5.82 Å². The molecule has 108 valence electrons. The molecule has 0 saturated carbocycles. The number of pyridine rings is 1. The minimum absolute atomic E-state index is 0.317.